The molecule has 0 radical (unpaired) electrons. The van der Waals surface area contributed by atoms with Crippen molar-refractivity contribution in [1.29, 1.82) is 0 Å². The van der Waals surface area contributed by atoms with E-state index in [2.05, 4.69) is 25.7 Å². The molecule has 0 aliphatic rings. The zero-order valence-electron chi connectivity index (χ0n) is 15.4. The van der Waals surface area contributed by atoms with Crippen LogP contribution in [0.3, 0.4) is 0 Å². The minimum Gasteiger partial charge on any atom is -0.326 e. The lowest BCUT2D eigenvalue weighted by atomic mass is 10.3. The summed E-state index contributed by atoms with van der Waals surface area (Å²) in [6.45, 7) is 3.21. The lowest BCUT2D eigenvalue weighted by Gasteiger charge is -2.02. The molecular weight excluding hydrogens is 412 g/mol. The Morgan fingerprint density at radius 3 is 2.55 bits per heavy atom. The van der Waals surface area contributed by atoms with Gasteiger partial charge in [0, 0.05) is 17.6 Å². The summed E-state index contributed by atoms with van der Waals surface area (Å²) >= 11 is 7.22. The third kappa shape index (κ3) is 4.10. The quantitative estimate of drug-likeness (QED) is 0.512. The van der Waals surface area contributed by atoms with Gasteiger partial charge in [-0.05, 0) is 49.4 Å². The minimum atomic E-state index is -0.457. The average molecular weight is 427 g/mol. The number of hydrogen-bond acceptors (Lipinski definition) is 6. The number of thiazole rings is 1. The van der Waals surface area contributed by atoms with Crippen molar-refractivity contribution in [2.75, 3.05) is 10.6 Å². The van der Waals surface area contributed by atoms with E-state index in [-0.39, 0.29) is 11.7 Å². The number of carbonyl (C=O) groups excluding carboxylic acids is 2. The predicted octanol–water partition coefficient (Wildman–Crippen LogP) is 4.05. The monoisotopic (exact) mass is 426 g/mol. The summed E-state index contributed by atoms with van der Waals surface area (Å²) < 4.78 is 2.41. The Bertz CT molecular complexity index is 1230. The fourth-order valence-corrected chi connectivity index (χ4v) is 3.75. The highest BCUT2D eigenvalue weighted by Crippen LogP contribution is 2.28. The van der Waals surface area contributed by atoms with Crippen LogP contribution in [-0.4, -0.2) is 31.6 Å². The Hall–Kier alpha value is -3.30. The van der Waals surface area contributed by atoms with E-state index in [4.69, 9.17) is 11.6 Å². The molecule has 2 N–H and O–H groups in total. The molecule has 0 spiro atoms. The molecule has 0 saturated carbocycles. The number of hydrogen-bond donors (Lipinski definition) is 2. The van der Waals surface area contributed by atoms with Gasteiger partial charge in [-0.15, -0.1) is 5.10 Å². The number of aryl methyl sites for hydroxylation is 1. The van der Waals surface area contributed by atoms with Gasteiger partial charge >= 0.3 is 0 Å². The van der Waals surface area contributed by atoms with E-state index >= 15 is 0 Å². The van der Waals surface area contributed by atoms with Gasteiger partial charge in [0.1, 0.15) is 5.82 Å². The largest absolute Gasteiger partial charge is 0.326 e. The number of fused-ring (bicyclic) bond motifs is 1. The molecule has 0 bridgehead atoms. The van der Waals surface area contributed by atoms with Gasteiger partial charge in [0.05, 0.1) is 15.9 Å². The molecule has 29 heavy (non-hydrogen) atoms. The molecule has 0 unspecified atom stereocenters. The number of amides is 2. The third-order valence-electron chi connectivity index (χ3n) is 3.97. The van der Waals surface area contributed by atoms with E-state index in [0.29, 0.717) is 21.7 Å². The molecule has 2 aromatic carbocycles. The Morgan fingerprint density at radius 1 is 1.07 bits per heavy atom. The maximum absolute atomic E-state index is 12.6. The summed E-state index contributed by atoms with van der Waals surface area (Å²) in [5, 5.41) is 10.8. The number of nitrogens with zero attached hydrogens (tertiary/aromatic N) is 4. The minimum absolute atomic E-state index is 0.0376. The van der Waals surface area contributed by atoms with E-state index in [1.807, 2.05) is 6.07 Å². The molecule has 4 aromatic rings. The zero-order valence-corrected chi connectivity index (χ0v) is 17.0. The first-order chi connectivity index (χ1) is 13.9. The lowest BCUT2D eigenvalue weighted by Crippen LogP contribution is -2.14. The highest BCUT2D eigenvalue weighted by atomic mass is 35.5. The van der Waals surface area contributed by atoms with Crippen LogP contribution in [0.1, 0.15) is 23.4 Å². The average Bonchev–Trinajstić information content (AvgIpc) is 3.24. The van der Waals surface area contributed by atoms with Crippen LogP contribution in [0.5, 0.6) is 0 Å². The molecule has 0 fully saturated rings. The first kappa shape index (κ1) is 19.0. The SMILES string of the molecule is CC(=O)Nc1ccc2nc(NC(=O)c3nc(C)n(-c4ccc(Cl)cc4)n3)sc2c1. The second-order valence-corrected chi connectivity index (χ2v) is 7.67. The van der Waals surface area contributed by atoms with Crippen molar-refractivity contribution in [3.05, 3.63) is 59.1 Å². The number of benzene rings is 2. The molecule has 2 aromatic heterocycles. The molecular formula is C19H15ClN6O2S. The zero-order chi connectivity index (χ0) is 20.5. The van der Waals surface area contributed by atoms with E-state index in [1.165, 1.54) is 18.3 Å². The van der Waals surface area contributed by atoms with Crippen LogP contribution in [0.4, 0.5) is 10.8 Å². The van der Waals surface area contributed by atoms with Gasteiger partial charge in [-0.2, -0.15) is 0 Å². The first-order valence-corrected chi connectivity index (χ1v) is 9.77. The van der Waals surface area contributed by atoms with Crippen molar-refractivity contribution in [1.82, 2.24) is 19.7 Å². The van der Waals surface area contributed by atoms with Crippen LogP contribution < -0.4 is 10.6 Å². The molecule has 146 valence electrons. The van der Waals surface area contributed by atoms with Gasteiger partial charge in [-0.3, -0.25) is 14.9 Å². The summed E-state index contributed by atoms with van der Waals surface area (Å²) in [6.07, 6.45) is 0. The smallest absolute Gasteiger partial charge is 0.297 e. The molecule has 0 aliphatic heterocycles. The number of nitrogens with one attached hydrogen (secondary N) is 2. The van der Waals surface area contributed by atoms with Crippen molar-refractivity contribution < 1.29 is 9.59 Å². The van der Waals surface area contributed by atoms with Gasteiger partial charge in [0.25, 0.3) is 5.91 Å². The summed E-state index contributed by atoms with van der Waals surface area (Å²) in [5.41, 5.74) is 2.14. The Labute approximate surface area is 174 Å². The van der Waals surface area contributed by atoms with Gasteiger partial charge in [0.15, 0.2) is 5.13 Å². The van der Waals surface area contributed by atoms with Gasteiger partial charge in [0.2, 0.25) is 11.7 Å². The summed E-state index contributed by atoms with van der Waals surface area (Å²) in [7, 11) is 0. The van der Waals surface area contributed by atoms with E-state index in [9.17, 15) is 9.59 Å². The third-order valence-corrected chi connectivity index (χ3v) is 5.16. The highest BCUT2D eigenvalue weighted by molar-refractivity contribution is 7.22. The maximum atomic E-state index is 12.6. The number of aromatic nitrogens is 4. The van der Waals surface area contributed by atoms with Crippen LogP contribution in [-0.2, 0) is 4.79 Å². The molecule has 2 heterocycles. The van der Waals surface area contributed by atoms with E-state index in [0.717, 1.165) is 15.9 Å². The van der Waals surface area contributed by atoms with E-state index in [1.54, 1.807) is 48.0 Å². The number of halogens is 1. The number of rotatable bonds is 4. The molecule has 0 saturated heterocycles. The predicted molar refractivity (Wildman–Crippen MR) is 113 cm³/mol. The Kier molecular flexibility index (Phi) is 4.99. The number of carbonyl (C=O) groups is 2. The van der Waals surface area contributed by atoms with Crippen molar-refractivity contribution in [2.45, 2.75) is 13.8 Å². The normalized spacial score (nSPS) is 10.9. The Balaban J connectivity index is 1.55. The van der Waals surface area contributed by atoms with Crippen molar-refractivity contribution in [3.63, 3.8) is 0 Å². The summed E-state index contributed by atoms with van der Waals surface area (Å²) in [4.78, 5) is 32.4. The van der Waals surface area contributed by atoms with Crippen LogP contribution in [0.25, 0.3) is 15.9 Å². The lowest BCUT2D eigenvalue weighted by molar-refractivity contribution is -0.114. The van der Waals surface area contributed by atoms with Gasteiger partial charge in [-0.25, -0.2) is 14.6 Å². The second kappa shape index (κ2) is 7.61. The van der Waals surface area contributed by atoms with Crippen molar-refractivity contribution in [3.8, 4) is 5.69 Å². The van der Waals surface area contributed by atoms with Crippen LogP contribution in [0.15, 0.2) is 42.5 Å². The molecule has 10 heteroatoms. The van der Waals surface area contributed by atoms with Gasteiger partial charge < -0.3 is 5.32 Å². The van der Waals surface area contributed by atoms with Crippen molar-refractivity contribution >= 4 is 55.8 Å². The molecule has 0 atom stereocenters. The molecule has 8 nitrogen and oxygen atoms in total. The van der Waals surface area contributed by atoms with E-state index < -0.39 is 5.91 Å². The topological polar surface area (TPSA) is 102 Å². The second-order valence-electron chi connectivity index (χ2n) is 6.21. The van der Waals surface area contributed by atoms with Crippen LogP contribution in [0.2, 0.25) is 5.02 Å². The Morgan fingerprint density at radius 2 is 1.83 bits per heavy atom. The maximum Gasteiger partial charge on any atom is 0.297 e. The highest BCUT2D eigenvalue weighted by Gasteiger charge is 2.17. The first-order valence-electron chi connectivity index (χ1n) is 8.58. The number of anilines is 2. The standard InChI is InChI=1S/C19H15ClN6O2S/c1-10-21-17(25-26(10)14-6-3-12(20)4-7-14)18(28)24-19-23-15-8-5-13(22-11(2)27)9-16(15)29-19/h3-9H,1-2H3,(H,22,27)(H,23,24,28). The summed E-state index contributed by atoms with van der Waals surface area (Å²) in [5.74, 6) is -0.000531. The fourth-order valence-electron chi connectivity index (χ4n) is 2.73. The molecule has 0 aliphatic carbocycles. The fraction of sp³-hybridized carbons (Fsp3) is 0.105. The molecule has 2 amide bonds. The van der Waals surface area contributed by atoms with Crippen molar-refractivity contribution in [2.24, 2.45) is 0 Å². The summed E-state index contributed by atoms with van der Waals surface area (Å²) in [6, 6.07) is 12.4. The van der Waals surface area contributed by atoms with Gasteiger partial charge in [-0.1, -0.05) is 22.9 Å². The molecule has 4 rings (SSSR count). The van der Waals surface area contributed by atoms with Crippen LogP contribution >= 0.6 is 22.9 Å². The van der Waals surface area contributed by atoms with Crippen LogP contribution in [0, 0.1) is 6.92 Å².